The monoisotopic (exact) mass is 364 g/mol. The molecule has 3 aromatic rings. The largest absolute Gasteiger partial charge is 0.309 e. The quantitative estimate of drug-likeness (QED) is 0.745. The van der Waals surface area contributed by atoms with Crippen molar-refractivity contribution >= 4 is 11.8 Å². The first-order valence-corrected chi connectivity index (χ1v) is 9.28. The SMILES string of the molecule is Cc1cc(Nc2ncccn2)nc([C@@H]2CCCCN2Cc2cnn(C)c2)n1. The molecular formula is C19H24N8. The Morgan fingerprint density at radius 2 is 2.04 bits per heavy atom. The number of nitrogens with one attached hydrogen (secondary N) is 1. The fourth-order valence-corrected chi connectivity index (χ4v) is 3.54. The van der Waals surface area contributed by atoms with Crippen LogP contribution in [0, 0.1) is 6.92 Å². The van der Waals surface area contributed by atoms with Crippen LogP contribution in [0.5, 0.6) is 0 Å². The van der Waals surface area contributed by atoms with Crippen molar-refractivity contribution in [2.24, 2.45) is 7.05 Å². The lowest BCUT2D eigenvalue weighted by Crippen LogP contribution is -2.34. The number of nitrogens with zero attached hydrogens (tertiary/aromatic N) is 7. The van der Waals surface area contributed by atoms with E-state index in [9.17, 15) is 0 Å². The predicted molar refractivity (Wildman–Crippen MR) is 102 cm³/mol. The van der Waals surface area contributed by atoms with Crippen LogP contribution in [0.4, 0.5) is 11.8 Å². The zero-order chi connectivity index (χ0) is 18.6. The van der Waals surface area contributed by atoms with Crippen LogP contribution < -0.4 is 5.32 Å². The molecule has 1 atom stereocenters. The van der Waals surface area contributed by atoms with Gasteiger partial charge in [-0.3, -0.25) is 9.58 Å². The van der Waals surface area contributed by atoms with Crippen LogP contribution in [0.2, 0.25) is 0 Å². The fourth-order valence-electron chi connectivity index (χ4n) is 3.54. The van der Waals surface area contributed by atoms with E-state index in [4.69, 9.17) is 9.97 Å². The molecular weight excluding hydrogens is 340 g/mol. The number of aromatic nitrogens is 6. The second-order valence-electron chi connectivity index (χ2n) is 6.95. The van der Waals surface area contributed by atoms with Gasteiger partial charge in [-0.05, 0) is 32.4 Å². The van der Waals surface area contributed by atoms with Crippen molar-refractivity contribution in [2.75, 3.05) is 11.9 Å². The standard InChI is InChI=1S/C19H24N8/c1-14-10-17(25-19-20-7-5-8-21-19)24-18(23-14)16-6-3-4-9-27(16)13-15-11-22-26(2)12-15/h5,7-8,10-12,16H,3-4,6,9,13H2,1-2H3,(H,20,21,23,24,25)/t16-/m0/s1. The van der Waals surface area contributed by atoms with Crippen molar-refractivity contribution < 1.29 is 0 Å². The molecule has 8 heteroatoms. The van der Waals surface area contributed by atoms with Crippen LogP contribution in [-0.2, 0) is 13.6 Å². The van der Waals surface area contributed by atoms with Gasteiger partial charge in [0, 0.05) is 49.5 Å². The van der Waals surface area contributed by atoms with Crippen molar-refractivity contribution in [3.8, 4) is 0 Å². The molecule has 1 fully saturated rings. The highest BCUT2D eigenvalue weighted by atomic mass is 15.3. The molecule has 8 nitrogen and oxygen atoms in total. The molecule has 1 N–H and O–H groups in total. The first-order valence-electron chi connectivity index (χ1n) is 9.28. The van der Waals surface area contributed by atoms with E-state index < -0.39 is 0 Å². The number of piperidine rings is 1. The Bertz CT molecular complexity index is 892. The van der Waals surface area contributed by atoms with Crippen LogP contribution in [0.1, 0.15) is 42.4 Å². The summed E-state index contributed by atoms with van der Waals surface area (Å²) in [5, 5.41) is 7.48. The predicted octanol–water partition coefficient (Wildman–Crippen LogP) is 2.78. The van der Waals surface area contributed by atoms with Crippen molar-refractivity contribution in [3.05, 3.63) is 54.0 Å². The lowest BCUT2D eigenvalue weighted by atomic mass is 10.0. The molecule has 4 rings (SSSR count). The van der Waals surface area contributed by atoms with E-state index in [0.717, 1.165) is 36.8 Å². The van der Waals surface area contributed by atoms with Gasteiger partial charge in [0.15, 0.2) is 0 Å². The summed E-state index contributed by atoms with van der Waals surface area (Å²) in [5.74, 6) is 2.13. The van der Waals surface area contributed by atoms with Gasteiger partial charge in [0.25, 0.3) is 0 Å². The summed E-state index contributed by atoms with van der Waals surface area (Å²) in [6, 6.07) is 3.92. The lowest BCUT2D eigenvalue weighted by molar-refractivity contribution is 0.133. The number of anilines is 2. The maximum absolute atomic E-state index is 4.78. The minimum atomic E-state index is 0.205. The van der Waals surface area contributed by atoms with Gasteiger partial charge in [0.2, 0.25) is 5.95 Å². The van der Waals surface area contributed by atoms with Gasteiger partial charge in [0.05, 0.1) is 12.2 Å². The third kappa shape index (κ3) is 4.28. The minimum absolute atomic E-state index is 0.205. The smallest absolute Gasteiger partial charge is 0.228 e. The molecule has 0 amide bonds. The van der Waals surface area contributed by atoms with Crippen LogP contribution in [-0.4, -0.2) is 41.2 Å². The zero-order valence-electron chi connectivity index (χ0n) is 15.7. The highest BCUT2D eigenvalue weighted by Crippen LogP contribution is 2.31. The number of hydrogen-bond acceptors (Lipinski definition) is 7. The van der Waals surface area contributed by atoms with E-state index in [-0.39, 0.29) is 6.04 Å². The maximum Gasteiger partial charge on any atom is 0.228 e. The van der Waals surface area contributed by atoms with Crippen molar-refractivity contribution in [3.63, 3.8) is 0 Å². The van der Waals surface area contributed by atoms with E-state index in [2.05, 4.69) is 31.5 Å². The average Bonchev–Trinajstić information content (AvgIpc) is 3.07. The van der Waals surface area contributed by atoms with E-state index in [1.165, 1.54) is 18.4 Å². The Morgan fingerprint density at radius 3 is 2.81 bits per heavy atom. The third-order valence-electron chi connectivity index (χ3n) is 4.73. The van der Waals surface area contributed by atoms with Gasteiger partial charge in [-0.2, -0.15) is 5.10 Å². The number of hydrogen-bond donors (Lipinski definition) is 1. The van der Waals surface area contributed by atoms with Gasteiger partial charge in [-0.15, -0.1) is 0 Å². The minimum Gasteiger partial charge on any atom is -0.309 e. The molecule has 4 heterocycles. The Balaban J connectivity index is 1.58. The summed E-state index contributed by atoms with van der Waals surface area (Å²) in [4.78, 5) is 20.4. The second kappa shape index (κ2) is 7.79. The molecule has 0 aliphatic carbocycles. The molecule has 0 bridgehead atoms. The summed E-state index contributed by atoms with van der Waals surface area (Å²) in [5.41, 5.74) is 2.15. The molecule has 1 aliphatic rings. The summed E-state index contributed by atoms with van der Waals surface area (Å²) < 4.78 is 1.85. The number of rotatable bonds is 5. The van der Waals surface area contributed by atoms with E-state index in [1.54, 1.807) is 18.5 Å². The van der Waals surface area contributed by atoms with Crippen molar-refractivity contribution in [1.29, 1.82) is 0 Å². The summed E-state index contributed by atoms with van der Waals surface area (Å²) in [6.45, 7) is 3.90. The average molecular weight is 364 g/mol. The van der Waals surface area contributed by atoms with Crippen LogP contribution in [0.15, 0.2) is 36.9 Å². The molecule has 1 saturated heterocycles. The molecule has 140 valence electrons. The third-order valence-corrected chi connectivity index (χ3v) is 4.73. The molecule has 0 spiro atoms. The Hall–Kier alpha value is -2.87. The van der Waals surface area contributed by atoms with Crippen molar-refractivity contribution in [1.82, 2.24) is 34.6 Å². The summed E-state index contributed by atoms with van der Waals surface area (Å²) >= 11 is 0. The summed E-state index contributed by atoms with van der Waals surface area (Å²) in [6.07, 6.45) is 10.9. The first kappa shape index (κ1) is 17.5. The van der Waals surface area contributed by atoms with E-state index in [1.807, 2.05) is 30.9 Å². The van der Waals surface area contributed by atoms with Gasteiger partial charge >= 0.3 is 0 Å². The van der Waals surface area contributed by atoms with Crippen LogP contribution in [0.3, 0.4) is 0 Å². The van der Waals surface area contributed by atoms with Gasteiger partial charge in [0.1, 0.15) is 11.6 Å². The zero-order valence-corrected chi connectivity index (χ0v) is 15.7. The Kier molecular flexibility index (Phi) is 5.06. The normalized spacial score (nSPS) is 17.8. The van der Waals surface area contributed by atoms with Gasteiger partial charge in [-0.25, -0.2) is 19.9 Å². The van der Waals surface area contributed by atoms with E-state index in [0.29, 0.717) is 5.95 Å². The lowest BCUT2D eigenvalue weighted by Gasteiger charge is -2.34. The van der Waals surface area contributed by atoms with Crippen LogP contribution in [0.25, 0.3) is 0 Å². The van der Waals surface area contributed by atoms with Gasteiger partial charge < -0.3 is 5.32 Å². The molecule has 0 unspecified atom stereocenters. The van der Waals surface area contributed by atoms with Gasteiger partial charge in [-0.1, -0.05) is 6.42 Å². The molecule has 1 aliphatic heterocycles. The van der Waals surface area contributed by atoms with E-state index >= 15 is 0 Å². The maximum atomic E-state index is 4.78. The summed E-state index contributed by atoms with van der Waals surface area (Å²) in [7, 11) is 1.95. The highest BCUT2D eigenvalue weighted by Gasteiger charge is 2.27. The second-order valence-corrected chi connectivity index (χ2v) is 6.95. The van der Waals surface area contributed by atoms with Crippen LogP contribution >= 0.6 is 0 Å². The number of aryl methyl sites for hydroxylation is 2. The molecule has 0 aromatic carbocycles. The Labute approximate surface area is 158 Å². The first-order chi connectivity index (χ1) is 13.2. The molecule has 0 radical (unpaired) electrons. The topological polar surface area (TPSA) is 84.7 Å². The van der Waals surface area contributed by atoms with Crippen molar-refractivity contribution in [2.45, 2.75) is 38.8 Å². The Morgan fingerprint density at radius 1 is 1.19 bits per heavy atom. The molecule has 0 saturated carbocycles. The molecule has 27 heavy (non-hydrogen) atoms. The number of likely N-dealkylation sites (tertiary alicyclic amines) is 1. The fraction of sp³-hybridized carbons (Fsp3) is 0.421. The highest BCUT2D eigenvalue weighted by molar-refractivity contribution is 5.47. The molecule has 3 aromatic heterocycles.